The van der Waals surface area contributed by atoms with Crippen molar-refractivity contribution in [1.82, 2.24) is 5.32 Å². The second kappa shape index (κ2) is 8.94. The molecule has 3 aromatic rings. The van der Waals surface area contributed by atoms with Crippen LogP contribution in [0.2, 0.25) is 10.0 Å². The van der Waals surface area contributed by atoms with Crippen LogP contribution in [0.25, 0.3) is 0 Å². The number of hydrogen-bond donors (Lipinski definition) is 1. The van der Waals surface area contributed by atoms with E-state index in [9.17, 15) is 4.79 Å². The maximum absolute atomic E-state index is 12.5. The Labute approximate surface area is 168 Å². The first-order valence-corrected chi connectivity index (χ1v) is 9.28. The lowest BCUT2D eigenvalue weighted by Crippen LogP contribution is -2.23. The lowest BCUT2D eigenvalue weighted by atomic mass is 10.1. The molecule has 0 aliphatic rings. The van der Waals surface area contributed by atoms with Crippen LogP contribution < -0.4 is 10.1 Å². The number of aryl methyl sites for hydroxylation is 1. The zero-order valence-corrected chi connectivity index (χ0v) is 16.3. The molecule has 0 saturated heterocycles. The smallest absolute Gasteiger partial charge is 0.253 e. The minimum absolute atomic E-state index is 0.251. The first-order valence-electron chi connectivity index (χ1n) is 8.53. The number of halogens is 2. The van der Waals surface area contributed by atoms with Crippen molar-refractivity contribution in [3.05, 3.63) is 99.0 Å². The summed E-state index contributed by atoms with van der Waals surface area (Å²) in [4.78, 5) is 12.5. The third-order valence-electron chi connectivity index (χ3n) is 4.09. The third-order valence-corrected chi connectivity index (χ3v) is 4.91. The molecule has 5 heteroatoms. The Bertz CT molecular complexity index is 942. The van der Waals surface area contributed by atoms with Gasteiger partial charge in [0.1, 0.15) is 12.4 Å². The predicted molar refractivity (Wildman–Crippen MR) is 110 cm³/mol. The number of carbonyl (C=O) groups excluding carboxylic acids is 1. The van der Waals surface area contributed by atoms with Gasteiger partial charge in [0.15, 0.2) is 0 Å². The van der Waals surface area contributed by atoms with Crippen molar-refractivity contribution in [2.45, 2.75) is 20.1 Å². The van der Waals surface area contributed by atoms with E-state index in [1.54, 1.807) is 18.2 Å². The fraction of sp³-hybridized carbons (Fsp3) is 0.136. The Morgan fingerprint density at radius 2 is 1.78 bits per heavy atom. The van der Waals surface area contributed by atoms with E-state index in [1.165, 1.54) is 0 Å². The highest BCUT2D eigenvalue weighted by Gasteiger charge is 2.13. The number of carbonyl (C=O) groups is 1. The predicted octanol–water partition coefficient (Wildman–Crippen LogP) is 5.81. The summed E-state index contributed by atoms with van der Waals surface area (Å²) in [6.45, 7) is 2.79. The summed E-state index contributed by atoms with van der Waals surface area (Å²) in [5.74, 6) is 0.458. The van der Waals surface area contributed by atoms with Crippen molar-refractivity contribution in [2.75, 3.05) is 0 Å². The fourth-order valence-electron chi connectivity index (χ4n) is 2.67. The van der Waals surface area contributed by atoms with E-state index >= 15 is 0 Å². The van der Waals surface area contributed by atoms with Gasteiger partial charge in [0.05, 0.1) is 15.6 Å². The molecule has 0 unspecified atom stereocenters. The van der Waals surface area contributed by atoms with Crippen LogP contribution in [0.1, 0.15) is 27.0 Å². The zero-order valence-electron chi connectivity index (χ0n) is 14.8. The first-order chi connectivity index (χ1) is 13.0. The summed E-state index contributed by atoms with van der Waals surface area (Å²) < 4.78 is 5.96. The van der Waals surface area contributed by atoms with Gasteiger partial charge in [0.2, 0.25) is 0 Å². The van der Waals surface area contributed by atoms with E-state index < -0.39 is 0 Å². The maximum Gasteiger partial charge on any atom is 0.253 e. The van der Waals surface area contributed by atoms with Gasteiger partial charge in [0, 0.05) is 12.1 Å². The van der Waals surface area contributed by atoms with Crippen LogP contribution in [-0.2, 0) is 13.2 Å². The van der Waals surface area contributed by atoms with Gasteiger partial charge in [-0.1, -0.05) is 77.3 Å². The molecule has 0 saturated carbocycles. The standard InChI is InChI=1S/C22H19Cl2NO2/c1-15-10-11-20(27-14-16-6-3-2-4-7-16)17(12-15)13-25-22(26)18-8-5-9-19(23)21(18)24/h2-12H,13-14H2,1H3,(H,25,26). The van der Waals surface area contributed by atoms with E-state index in [4.69, 9.17) is 27.9 Å². The molecule has 0 fully saturated rings. The van der Waals surface area contributed by atoms with E-state index in [2.05, 4.69) is 5.32 Å². The molecule has 0 spiro atoms. The molecule has 0 aliphatic heterocycles. The SMILES string of the molecule is Cc1ccc(OCc2ccccc2)c(CNC(=O)c2cccc(Cl)c2Cl)c1. The average molecular weight is 400 g/mol. The highest BCUT2D eigenvalue weighted by molar-refractivity contribution is 6.43. The number of rotatable bonds is 6. The van der Waals surface area contributed by atoms with E-state index in [0.717, 1.165) is 22.4 Å². The van der Waals surface area contributed by atoms with Gasteiger partial charge in [-0.3, -0.25) is 4.79 Å². The fourth-order valence-corrected chi connectivity index (χ4v) is 3.06. The molecule has 0 bridgehead atoms. The topological polar surface area (TPSA) is 38.3 Å². The van der Waals surface area contributed by atoms with Gasteiger partial charge in [-0.15, -0.1) is 0 Å². The van der Waals surface area contributed by atoms with Gasteiger partial charge in [0.25, 0.3) is 5.91 Å². The van der Waals surface area contributed by atoms with E-state index in [-0.39, 0.29) is 10.9 Å². The third kappa shape index (κ3) is 5.03. The Balaban J connectivity index is 1.71. The first kappa shape index (κ1) is 19.3. The molecule has 3 aromatic carbocycles. The lowest BCUT2D eigenvalue weighted by Gasteiger charge is -2.14. The number of benzene rings is 3. The van der Waals surface area contributed by atoms with Crippen LogP contribution in [0, 0.1) is 6.92 Å². The van der Waals surface area contributed by atoms with E-state index in [0.29, 0.717) is 23.7 Å². The molecule has 0 radical (unpaired) electrons. The Morgan fingerprint density at radius 3 is 2.56 bits per heavy atom. The minimum Gasteiger partial charge on any atom is -0.489 e. The zero-order chi connectivity index (χ0) is 19.2. The minimum atomic E-state index is -0.280. The summed E-state index contributed by atoms with van der Waals surface area (Å²) in [5.41, 5.74) is 3.42. The Morgan fingerprint density at radius 1 is 1.00 bits per heavy atom. The molecule has 1 N–H and O–H groups in total. The van der Waals surface area contributed by atoms with Crippen molar-refractivity contribution >= 4 is 29.1 Å². The normalized spacial score (nSPS) is 10.5. The Hall–Kier alpha value is -2.49. The molecule has 0 aliphatic carbocycles. The van der Waals surface area contributed by atoms with Crippen LogP contribution in [-0.4, -0.2) is 5.91 Å². The van der Waals surface area contributed by atoms with Crippen LogP contribution in [0.15, 0.2) is 66.7 Å². The van der Waals surface area contributed by atoms with Crippen LogP contribution in [0.3, 0.4) is 0 Å². The second-order valence-electron chi connectivity index (χ2n) is 6.17. The summed E-state index contributed by atoms with van der Waals surface area (Å²) in [6, 6.07) is 20.8. The van der Waals surface area contributed by atoms with Gasteiger partial charge in [-0.25, -0.2) is 0 Å². The monoisotopic (exact) mass is 399 g/mol. The number of hydrogen-bond acceptors (Lipinski definition) is 2. The summed E-state index contributed by atoms with van der Waals surface area (Å²) in [5, 5.41) is 3.49. The molecule has 0 aromatic heterocycles. The quantitative estimate of drug-likeness (QED) is 0.567. The van der Waals surface area contributed by atoms with Crippen molar-refractivity contribution < 1.29 is 9.53 Å². The molecule has 0 heterocycles. The van der Waals surface area contributed by atoms with E-state index in [1.807, 2.05) is 55.5 Å². The average Bonchev–Trinajstić information content (AvgIpc) is 2.68. The highest BCUT2D eigenvalue weighted by atomic mass is 35.5. The number of ether oxygens (including phenoxy) is 1. The molecule has 3 rings (SSSR count). The van der Waals surface area contributed by atoms with Crippen molar-refractivity contribution in [1.29, 1.82) is 0 Å². The molecule has 27 heavy (non-hydrogen) atoms. The number of nitrogens with one attached hydrogen (secondary N) is 1. The number of amides is 1. The Kier molecular flexibility index (Phi) is 6.38. The molecule has 1 amide bonds. The van der Waals surface area contributed by atoms with Crippen LogP contribution >= 0.6 is 23.2 Å². The molecular formula is C22H19Cl2NO2. The summed E-state index contributed by atoms with van der Waals surface area (Å²) in [7, 11) is 0. The molecule has 0 atom stereocenters. The van der Waals surface area contributed by atoms with Crippen LogP contribution in [0.4, 0.5) is 0 Å². The molecular weight excluding hydrogens is 381 g/mol. The summed E-state index contributed by atoms with van der Waals surface area (Å²) in [6.07, 6.45) is 0. The maximum atomic E-state index is 12.5. The van der Waals surface area contributed by atoms with Crippen molar-refractivity contribution in [3.8, 4) is 5.75 Å². The highest BCUT2D eigenvalue weighted by Crippen LogP contribution is 2.26. The van der Waals surface area contributed by atoms with Crippen molar-refractivity contribution in [3.63, 3.8) is 0 Å². The van der Waals surface area contributed by atoms with Gasteiger partial charge in [-0.2, -0.15) is 0 Å². The lowest BCUT2D eigenvalue weighted by molar-refractivity contribution is 0.0950. The second-order valence-corrected chi connectivity index (χ2v) is 6.95. The van der Waals surface area contributed by atoms with Crippen LogP contribution in [0.5, 0.6) is 5.75 Å². The van der Waals surface area contributed by atoms with Crippen molar-refractivity contribution in [2.24, 2.45) is 0 Å². The summed E-state index contributed by atoms with van der Waals surface area (Å²) >= 11 is 12.1. The van der Waals surface area contributed by atoms with Gasteiger partial charge in [-0.05, 0) is 30.7 Å². The van der Waals surface area contributed by atoms with Gasteiger partial charge >= 0.3 is 0 Å². The molecule has 138 valence electrons. The van der Waals surface area contributed by atoms with Gasteiger partial charge < -0.3 is 10.1 Å². The largest absolute Gasteiger partial charge is 0.489 e. The molecule has 3 nitrogen and oxygen atoms in total.